The van der Waals surface area contributed by atoms with E-state index >= 15 is 0 Å². The highest BCUT2D eigenvalue weighted by atomic mass is 32.2. The molecular weight excluding hydrogens is 346 g/mol. The van der Waals surface area contributed by atoms with Crippen molar-refractivity contribution in [2.24, 2.45) is 5.92 Å². The van der Waals surface area contributed by atoms with Gasteiger partial charge >= 0.3 is 0 Å². The average molecular weight is 380 g/mol. The lowest BCUT2D eigenvalue weighted by Gasteiger charge is -2.33. The van der Waals surface area contributed by atoms with Gasteiger partial charge in [0.1, 0.15) is 0 Å². The van der Waals surface area contributed by atoms with Gasteiger partial charge in [0.05, 0.1) is 0 Å². The zero-order valence-electron chi connectivity index (χ0n) is 16.2. The molecule has 2 heterocycles. The SMILES string of the molecule is CC(C)Cc1ccc(CN2CCC[C@@H](NS(=O)(=O)N3CCCC3)C2)cc1. The fraction of sp³-hybridized carbons (Fsp3) is 0.700. The van der Waals surface area contributed by atoms with Crippen molar-refractivity contribution < 1.29 is 8.42 Å². The van der Waals surface area contributed by atoms with E-state index in [0.29, 0.717) is 19.0 Å². The van der Waals surface area contributed by atoms with Crippen molar-refractivity contribution in [3.05, 3.63) is 35.4 Å². The molecule has 1 N–H and O–H groups in total. The molecule has 2 aliphatic rings. The zero-order chi connectivity index (χ0) is 18.6. The zero-order valence-corrected chi connectivity index (χ0v) is 17.0. The monoisotopic (exact) mass is 379 g/mol. The molecule has 0 spiro atoms. The Balaban J connectivity index is 1.53. The molecule has 0 bridgehead atoms. The summed E-state index contributed by atoms with van der Waals surface area (Å²) in [5.74, 6) is 0.673. The van der Waals surface area contributed by atoms with Crippen LogP contribution in [0.1, 0.15) is 50.7 Å². The summed E-state index contributed by atoms with van der Waals surface area (Å²) < 4.78 is 29.5. The summed E-state index contributed by atoms with van der Waals surface area (Å²) in [4.78, 5) is 2.37. The molecule has 5 nitrogen and oxygen atoms in total. The van der Waals surface area contributed by atoms with Crippen LogP contribution in [0, 0.1) is 5.92 Å². The first-order chi connectivity index (χ1) is 12.4. The van der Waals surface area contributed by atoms with Crippen molar-refractivity contribution in [1.82, 2.24) is 13.9 Å². The third-order valence-electron chi connectivity index (χ3n) is 5.30. The van der Waals surface area contributed by atoms with Gasteiger partial charge < -0.3 is 0 Å². The van der Waals surface area contributed by atoms with Crippen LogP contribution in [-0.4, -0.2) is 49.8 Å². The fourth-order valence-corrected chi connectivity index (χ4v) is 5.52. The molecule has 146 valence electrons. The van der Waals surface area contributed by atoms with Crippen molar-refractivity contribution in [3.8, 4) is 0 Å². The van der Waals surface area contributed by atoms with E-state index in [0.717, 1.165) is 51.7 Å². The molecule has 0 amide bonds. The number of nitrogens with zero attached hydrogens (tertiary/aromatic N) is 2. The van der Waals surface area contributed by atoms with Crippen LogP contribution in [0.15, 0.2) is 24.3 Å². The molecule has 2 fully saturated rings. The fourth-order valence-electron chi connectivity index (χ4n) is 4.02. The van der Waals surface area contributed by atoms with Gasteiger partial charge in [0.2, 0.25) is 0 Å². The number of hydrogen-bond donors (Lipinski definition) is 1. The van der Waals surface area contributed by atoms with E-state index in [4.69, 9.17) is 0 Å². The molecule has 6 heteroatoms. The van der Waals surface area contributed by atoms with Gasteiger partial charge in [-0.2, -0.15) is 17.4 Å². The quantitative estimate of drug-likeness (QED) is 0.793. The van der Waals surface area contributed by atoms with Crippen LogP contribution in [-0.2, 0) is 23.2 Å². The maximum absolute atomic E-state index is 12.5. The van der Waals surface area contributed by atoms with Crippen LogP contribution in [0.3, 0.4) is 0 Å². The Hall–Kier alpha value is -0.950. The van der Waals surface area contributed by atoms with Crippen LogP contribution in [0.5, 0.6) is 0 Å². The Kier molecular flexibility index (Phi) is 6.72. The summed E-state index contributed by atoms with van der Waals surface area (Å²) >= 11 is 0. The molecule has 0 radical (unpaired) electrons. The number of likely N-dealkylation sites (tertiary alicyclic amines) is 1. The highest BCUT2D eigenvalue weighted by Crippen LogP contribution is 2.18. The van der Waals surface area contributed by atoms with E-state index in [1.807, 2.05) is 0 Å². The lowest BCUT2D eigenvalue weighted by atomic mass is 10.0. The molecule has 2 saturated heterocycles. The highest BCUT2D eigenvalue weighted by Gasteiger charge is 2.29. The van der Waals surface area contributed by atoms with Crippen LogP contribution in [0.4, 0.5) is 0 Å². The van der Waals surface area contributed by atoms with Crippen molar-refractivity contribution in [3.63, 3.8) is 0 Å². The predicted octanol–water partition coefficient (Wildman–Crippen LogP) is 2.78. The molecule has 0 saturated carbocycles. The van der Waals surface area contributed by atoms with E-state index in [1.54, 1.807) is 4.31 Å². The van der Waals surface area contributed by atoms with Gasteiger partial charge in [-0.05, 0) is 55.7 Å². The minimum absolute atomic E-state index is 0.0227. The van der Waals surface area contributed by atoms with Gasteiger partial charge in [-0.15, -0.1) is 0 Å². The lowest BCUT2D eigenvalue weighted by Crippen LogP contribution is -2.51. The second-order valence-corrected chi connectivity index (χ2v) is 9.92. The smallest absolute Gasteiger partial charge is 0.279 e. The van der Waals surface area contributed by atoms with Gasteiger partial charge in [-0.3, -0.25) is 4.90 Å². The molecule has 0 aromatic heterocycles. The molecule has 1 aromatic rings. The topological polar surface area (TPSA) is 52.7 Å². The molecule has 0 unspecified atom stereocenters. The number of nitrogens with one attached hydrogen (secondary N) is 1. The van der Waals surface area contributed by atoms with Crippen molar-refractivity contribution in [2.75, 3.05) is 26.2 Å². The van der Waals surface area contributed by atoms with E-state index < -0.39 is 10.2 Å². The van der Waals surface area contributed by atoms with Gasteiger partial charge in [-0.1, -0.05) is 38.1 Å². The first-order valence-corrected chi connectivity index (χ1v) is 11.4. The van der Waals surface area contributed by atoms with Crippen molar-refractivity contribution in [1.29, 1.82) is 0 Å². The average Bonchev–Trinajstić information content (AvgIpc) is 3.12. The van der Waals surface area contributed by atoms with E-state index in [1.165, 1.54) is 11.1 Å². The number of piperidine rings is 1. The first kappa shape index (κ1) is 19.8. The Labute approximate surface area is 158 Å². The van der Waals surface area contributed by atoms with E-state index in [9.17, 15) is 8.42 Å². The summed E-state index contributed by atoms with van der Waals surface area (Å²) in [6.45, 7) is 8.53. The Bertz CT molecular complexity index is 667. The second-order valence-electron chi connectivity index (χ2n) is 8.22. The van der Waals surface area contributed by atoms with E-state index in [-0.39, 0.29) is 6.04 Å². The standard InChI is InChI=1S/C20H33N3O2S/c1-17(2)14-18-7-9-19(10-8-18)15-22-11-5-6-20(16-22)21-26(24,25)23-12-3-4-13-23/h7-10,17,20-21H,3-6,11-16H2,1-2H3/t20-/m1/s1. The minimum Gasteiger partial charge on any atom is -0.298 e. The summed E-state index contributed by atoms with van der Waals surface area (Å²) in [6, 6.07) is 8.92. The summed E-state index contributed by atoms with van der Waals surface area (Å²) in [6.07, 6.45) is 5.04. The van der Waals surface area contributed by atoms with Crippen LogP contribution in [0.2, 0.25) is 0 Å². The molecular formula is C20H33N3O2S. The molecule has 0 aliphatic carbocycles. The number of rotatable bonds is 7. The molecule has 26 heavy (non-hydrogen) atoms. The lowest BCUT2D eigenvalue weighted by molar-refractivity contribution is 0.193. The molecule has 1 aromatic carbocycles. The summed E-state index contributed by atoms with van der Waals surface area (Å²) in [7, 11) is -3.32. The minimum atomic E-state index is -3.32. The second kappa shape index (κ2) is 8.83. The normalized spacial score (nSPS) is 23.0. The van der Waals surface area contributed by atoms with Gasteiger partial charge in [-0.25, -0.2) is 0 Å². The van der Waals surface area contributed by atoms with Gasteiger partial charge in [0.15, 0.2) is 0 Å². The Morgan fingerprint density at radius 1 is 1.04 bits per heavy atom. The maximum atomic E-state index is 12.5. The highest BCUT2D eigenvalue weighted by molar-refractivity contribution is 7.87. The molecule has 1 atom stereocenters. The van der Waals surface area contributed by atoms with E-state index in [2.05, 4.69) is 47.7 Å². The summed E-state index contributed by atoms with van der Waals surface area (Å²) in [5, 5.41) is 0. The largest absolute Gasteiger partial charge is 0.298 e. The third-order valence-corrected chi connectivity index (χ3v) is 6.98. The van der Waals surface area contributed by atoms with Gasteiger partial charge in [0, 0.05) is 32.2 Å². The third kappa shape index (κ3) is 5.52. The maximum Gasteiger partial charge on any atom is 0.279 e. The predicted molar refractivity (Wildman–Crippen MR) is 106 cm³/mol. The van der Waals surface area contributed by atoms with Crippen molar-refractivity contribution >= 4 is 10.2 Å². The Morgan fingerprint density at radius 3 is 2.35 bits per heavy atom. The van der Waals surface area contributed by atoms with Crippen LogP contribution < -0.4 is 4.72 Å². The molecule has 3 rings (SSSR count). The number of benzene rings is 1. The first-order valence-electron chi connectivity index (χ1n) is 10.00. The number of hydrogen-bond acceptors (Lipinski definition) is 3. The summed E-state index contributed by atoms with van der Waals surface area (Å²) in [5.41, 5.74) is 2.69. The Morgan fingerprint density at radius 2 is 1.69 bits per heavy atom. The van der Waals surface area contributed by atoms with Crippen LogP contribution >= 0.6 is 0 Å². The molecule has 2 aliphatic heterocycles. The van der Waals surface area contributed by atoms with Crippen molar-refractivity contribution in [2.45, 2.75) is 58.5 Å². The van der Waals surface area contributed by atoms with Crippen LogP contribution in [0.25, 0.3) is 0 Å². The van der Waals surface area contributed by atoms with Gasteiger partial charge in [0.25, 0.3) is 10.2 Å².